The van der Waals surface area contributed by atoms with Gasteiger partial charge in [-0.25, -0.2) is 9.97 Å². The van der Waals surface area contributed by atoms with E-state index in [2.05, 4.69) is 20.3 Å². The van der Waals surface area contributed by atoms with Crippen LogP contribution in [-0.4, -0.2) is 15.0 Å². The Bertz CT molecular complexity index is 709. The monoisotopic (exact) mass is 270 g/mol. The normalized spacial score (nSPS) is 10.6. The quantitative estimate of drug-likeness (QED) is 0.793. The number of rotatable bonds is 3. The largest absolute Gasteiger partial charge is 0.363 e. The van der Waals surface area contributed by atoms with Gasteiger partial charge in [-0.05, 0) is 11.6 Å². The van der Waals surface area contributed by atoms with E-state index in [1.165, 1.54) is 0 Å². The fourth-order valence-corrected chi connectivity index (χ4v) is 2.10. The van der Waals surface area contributed by atoms with Crippen molar-refractivity contribution in [3.05, 3.63) is 59.6 Å². The molecule has 0 bridgehead atoms. The summed E-state index contributed by atoms with van der Waals surface area (Å²) in [6.07, 6.45) is 4.96. The van der Waals surface area contributed by atoms with Crippen molar-refractivity contribution in [1.29, 1.82) is 0 Å². The summed E-state index contributed by atoms with van der Waals surface area (Å²) in [5.41, 5.74) is 2.08. The summed E-state index contributed by atoms with van der Waals surface area (Å²) < 4.78 is 0. The number of pyridine rings is 1. The van der Waals surface area contributed by atoms with Gasteiger partial charge in [0.15, 0.2) is 11.0 Å². The molecule has 0 radical (unpaired) electrons. The lowest BCUT2D eigenvalue weighted by molar-refractivity contribution is 1.09. The highest BCUT2D eigenvalue weighted by atomic mass is 35.5. The predicted molar refractivity (Wildman–Crippen MR) is 76.1 cm³/mol. The third kappa shape index (κ3) is 2.48. The maximum Gasteiger partial charge on any atom is 0.171 e. The van der Waals surface area contributed by atoms with E-state index in [1.54, 1.807) is 18.6 Å². The topological polar surface area (TPSA) is 50.7 Å². The minimum absolute atomic E-state index is 0.371. The van der Waals surface area contributed by atoms with E-state index in [0.29, 0.717) is 17.5 Å². The maximum atomic E-state index is 5.96. The van der Waals surface area contributed by atoms with Gasteiger partial charge >= 0.3 is 0 Å². The molecule has 1 N–H and O–H groups in total. The van der Waals surface area contributed by atoms with Gasteiger partial charge in [0.25, 0.3) is 0 Å². The van der Waals surface area contributed by atoms with Crippen molar-refractivity contribution in [1.82, 2.24) is 15.0 Å². The first-order chi connectivity index (χ1) is 9.34. The van der Waals surface area contributed by atoms with Crippen LogP contribution in [0.1, 0.15) is 5.56 Å². The number of aromatic nitrogens is 3. The van der Waals surface area contributed by atoms with Gasteiger partial charge in [-0.15, -0.1) is 0 Å². The molecular weight excluding hydrogens is 260 g/mol. The van der Waals surface area contributed by atoms with Gasteiger partial charge in [-0.3, -0.25) is 4.98 Å². The van der Waals surface area contributed by atoms with Gasteiger partial charge in [0.05, 0.1) is 5.52 Å². The fraction of sp³-hybridized carbons (Fsp3) is 0.0714. The Hall–Kier alpha value is -2.20. The molecule has 0 saturated heterocycles. The number of fused-ring (bicyclic) bond motifs is 1. The molecule has 0 fully saturated rings. The van der Waals surface area contributed by atoms with Crippen molar-refractivity contribution in [3.63, 3.8) is 0 Å². The minimum Gasteiger partial charge on any atom is -0.363 e. The molecule has 0 atom stereocenters. The third-order valence-electron chi connectivity index (χ3n) is 2.82. The second kappa shape index (κ2) is 5.20. The molecule has 0 spiro atoms. The standard InChI is InChI=1S/C14H11ClN4/c15-13-14(18-8-7-17-13)19-9-11-4-1-3-10-5-2-6-16-12(10)11/h1-8H,9H2,(H,18,19). The van der Waals surface area contributed by atoms with Crippen molar-refractivity contribution >= 4 is 28.3 Å². The van der Waals surface area contributed by atoms with Crippen molar-refractivity contribution in [2.45, 2.75) is 6.54 Å². The number of halogens is 1. The number of benzene rings is 1. The molecule has 19 heavy (non-hydrogen) atoms. The van der Waals surface area contributed by atoms with Crippen LogP contribution in [-0.2, 0) is 6.54 Å². The van der Waals surface area contributed by atoms with Crippen LogP contribution in [0, 0.1) is 0 Å². The summed E-state index contributed by atoms with van der Waals surface area (Å²) in [6, 6.07) is 10.1. The summed E-state index contributed by atoms with van der Waals surface area (Å²) in [5.74, 6) is 0.581. The van der Waals surface area contributed by atoms with E-state index in [0.717, 1.165) is 16.5 Å². The highest BCUT2D eigenvalue weighted by molar-refractivity contribution is 6.31. The minimum atomic E-state index is 0.371. The smallest absolute Gasteiger partial charge is 0.171 e. The Morgan fingerprint density at radius 1 is 0.947 bits per heavy atom. The Morgan fingerprint density at radius 3 is 2.68 bits per heavy atom. The summed E-state index contributed by atoms with van der Waals surface area (Å²) in [7, 11) is 0. The van der Waals surface area contributed by atoms with Crippen LogP contribution in [0.15, 0.2) is 48.9 Å². The summed E-state index contributed by atoms with van der Waals surface area (Å²) in [5, 5.41) is 4.66. The Kier molecular flexibility index (Phi) is 3.25. The Labute approximate surface area is 115 Å². The average Bonchev–Trinajstić information content (AvgIpc) is 2.46. The van der Waals surface area contributed by atoms with Crippen LogP contribution >= 0.6 is 11.6 Å². The molecular formula is C14H11ClN4. The predicted octanol–water partition coefficient (Wildman–Crippen LogP) is 3.29. The maximum absolute atomic E-state index is 5.96. The molecule has 0 aliphatic carbocycles. The highest BCUT2D eigenvalue weighted by Crippen LogP contribution is 2.19. The SMILES string of the molecule is Clc1nccnc1NCc1cccc2cccnc12. The van der Waals surface area contributed by atoms with Crippen LogP contribution in [0.25, 0.3) is 10.9 Å². The van der Waals surface area contributed by atoms with Crippen LogP contribution in [0.4, 0.5) is 5.82 Å². The molecule has 2 aromatic heterocycles. The Balaban J connectivity index is 1.88. The summed E-state index contributed by atoms with van der Waals surface area (Å²) in [6.45, 7) is 0.604. The van der Waals surface area contributed by atoms with Crippen LogP contribution < -0.4 is 5.32 Å². The third-order valence-corrected chi connectivity index (χ3v) is 3.09. The molecule has 0 unspecified atom stereocenters. The molecule has 94 valence electrons. The van der Waals surface area contributed by atoms with Gasteiger partial charge in [0.1, 0.15) is 0 Å². The summed E-state index contributed by atoms with van der Waals surface area (Å²) >= 11 is 5.96. The van der Waals surface area contributed by atoms with Gasteiger partial charge in [0.2, 0.25) is 0 Å². The van der Waals surface area contributed by atoms with E-state index in [-0.39, 0.29) is 0 Å². The van der Waals surface area contributed by atoms with Gasteiger partial charge in [-0.2, -0.15) is 0 Å². The number of para-hydroxylation sites is 1. The van der Waals surface area contributed by atoms with Crippen LogP contribution in [0.5, 0.6) is 0 Å². The second-order valence-electron chi connectivity index (χ2n) is 4.04. The summed E-state index contributed by atoms with van der Waals surface area (Å²) in [4.78, 5) is 12.5. The number of nitrogens with zero attached hydrogens (tertiary/aromatic N) is 3. The first-order valence-electron chi connectivity index (χ1n) is 5.87. The average molecular weight is 271 g/mol. The van der Waals surface area contributed by atoms with Gasteiger partial charge in [0, 0.05) is 30.5 Å². The second-order valence-corrected chi connectivity index (χ2v) is 4.40. The molecule has 3 rings (SSSR count). The zero-order valence-corrected chi connectivity index (χ0v) is 10.8. The molecule has 0 amide bonds. The zero-order chi connectivity index (χ0) is 13.1. The highest BCUT2D eigenvalue weighted by Gasteiger charge is 2.04. The number of hydrogen-bond acceptors (Lipinski definition) is 4. The van der Waals surface area contributed by atoms with Crippen LogP contribution in [0.3, 0.4) is 0 Å². The molecule has 0 aliphatic heterocycles. The molecule has 0 saturated carbocycles. The van der Waals surface area contributed by atoms with Gasteiger partial charge < -0.3 is 5.32 Å². The van der Waals surface area contributed by atoms with Crippen molar-refractivity contribution in [2.75, 3.05) is 5.32 Å². The lowest BCUT2D eigenvalue weighted by Crippen LogP contribution is -2.03. The molecule has 0 aliphatic rings. The van der Waals surface area contributed by atoms with Crippen LogP contribution in [0.2, 0.25) is 5.15 Å². The molecule has 2 heterocycles. The molecule has 4 nitrogen and oxygen atoms in total. The van der Waals surface area contributed by atoms with E-state index >= 15 is 0 Å². The number of hydrogen-bond donors (Lipinski definition) is 1. The van der Waals surface area contributed by atoms with E-state index in [4.69, 9.17) is 11.6 Å². The van der Waals surface area contributed by atoms with E-state index < -0.39 is 0 Å². The fourth-order valence-electron chi connectivity index (χ4n) is 1.93. The molecule has 3 aromatic rings. The van der Waals surface area contributed by atoms with Crippen molar-refractivity contribution < 1.29 is 0 Å². The number of anilines is 1. The first kappa shape index (κ1) is 11.9. The van der Waals surface area contributed by atoms with Crippen molar-refractivity contribution in [2.24, 2.45) is 0 Å². The lowest BCUT2D eigenvalue weighted by Gasteiger charge is -2.08. The lowest BCUT2D eigenvalue weighted by atomic mass is 10.1. The van der Waals surface area contributed by atoms with E-state index in [1.807, 2.05) is 30.3 Å². The molecule has 5 heteroatoms. The molecule has 1 aromatic carbocycles. The van der Waals surface area contributed by atoms with Crippen molar-refractivity contribution in [3.8, 4) is 0 Å². The van der Waals surface area contributed by atoms with Gasteiger partial charge in [-0.1, -0.05) is 35.9 Å². The first-order valence-corrected chi connectivity index (χ1v) is 6.25. The Morgan fingerprint density at radius 2 is 1.79 bits per heavy atom. The zero-order valence-electron chi connectivity index (χ0n) is 10.0. The number of nitrogens with one attached hydrogen (secondary N) is 1. The van der Waals surface area contributed by atoms with E-state index in [9.17, 15) is 0 Å².